The Kier molecular flexibility index (Phi) is 11.2. The molecule has 43 heavy (non-hydrogen) atoms. The third-order valence-electron chi connectivity index (χ3n) is 6.89. The summed E-state index contributed by atoms with van der Waals surface area (Å²) in [5.74, 6) is 0.724. The van der Waals surface area contributed by atoms with E-state index in [2.05, 4.69) is 75.6 Å². The van der Waals surface area contributed by atoms with Gasteiger partial charge in [0.05, 0.1) is 0 Å². The third kappa shape index (κ3) is 8.10. The second kappa shape index (κ2) is 14.1. The first-order valence-corrected chi connectivity index (χ1v) is 21.3. The molecule has 1 saturated heterocycles. The molecule has 1 aliphatic heterocycles. The van der Waals surface area contributed by atoms with Gasteiger partial charge in [-0.15, -0.1) is 0 Å². The first kappa shape index (κ1) is 34.1. The number of hydrogen-bond donors (Lipinski definition) is 0. The topological polar surface area (TPSA) is 37.4 Å². The maximum atomic E-state index is 7.68. The van der Waals surface area contributed by atoms with Gasteiger partial charge in [0.15, 0.2) is 0 Å². The number of aryl methyl sites for hydroxylation is 6. The molecule has 236 valence electrons. The van der Waals surface area contributed by atoms with Gasteiger partial charge in [0, 0.05) is 0 Å². The minimum absolute atomic E-state index is 0.0210. The first-order valence-electron chi connectivity index (χ1n) is 14.2. The average Bonchev–Trinajstić information content (AvgIpc) is 3.28. The summed E-state index contributed by atoms with van der Waals surface area (Å²) in [6, 6.07) is 14.8. The number of benzene rings is 3. The Morgan fingerprint density at radius 1 is 0.814 bits per heavy atom. The molecule has 1 heterocycles. The third-order valence-corrected chi connectivity index (χ3v) is 12.9. The molecule has 0 aliphatic carbocycles. The molecule has 4 rings (SSSR count). The van der Waals surface area contributed by atoms with Crippen LogP contribution < -0.4 is 14.5 Å². The minimum atomic E-state index is -3.79. The van der Waals surface area contributed by atoms with Gasteiger partial charge in [-0.25, -0.2) is 0 Å². The summed E-state index contributed by atoms with van der Waals surface area (Å²) in [6.07, 6.45) is -0.0210. The molecule has 6 nitrogen and oxygen atoms in total. The fraction of sp³-hybridized carbons (Fsp3) is 0.394. The van der Waals surface area contributed by atoms with Crippen LogP contribution in [0.25, 0.3) is 0 Å². The number of hydroxylamine groups is 2. The number of ether oxygens (including phenoxy) is 1. The van der Waals surface area contributed by atoms with E-state index in [9.17, 15) is 0 Å². The van der Waals surface area contributed by atoms with Gasteiger partial charge in [0.2, 0.25) is 0 Å². The Hall–Kier alpha value is -1.77. The number of rotatable bonds is 9. The van der Waals surface area contributed by atoms with Crippen molar-refractivity contribution in [3.63, 3.8) is 0 Å². The molecule has 0 unspecified atom stereocenters. The van der Waals surface area contributed by atoms with Crippen LogP contribution in [0.2, 0.25) is 0 Å². The second-order valence-electron chi connectivity index (χ2n) is 11.5. The van der Waals surface area contributed by atoms with Crippen molar-refractivity contribution < 1.29 is 25.9 Å². The number of hydrogen-bond acceptors (Lipinski definition) is 7. The summed E-state index contributed by atoms with van der Waals surface area (Å²) in [7, 11) is 18.9. The molecule has 0 radical (unpaired) electrons. The van der Waals surface area contributed by atoms with E-state index in [0.29, 0.717) is 0 Å². The Bertz CT molecular complexity index is 1510. The van der Waals surface area contributed by atoms with Crippen LogP contribution in [0.5, 0.6) is 5.75 Å². The Morgan fingerprint density at radius 3 is 1.74 bits per heavy atom. The van der Waals surface area contributed by atoms with Crippen LogP contribution in [0, 0.1) is 41.5 Å². The zero-order valence-corrected chi connectivity index (χ0v) is 30.8. The fourth-order valence-corrected chi connectivity index (χ4v) is 12.2. The molecular formula is C33H43Cl2N3O3RuS. The van der Waals surface area contributed by atoms with E-state index < -0.39 is 11.9 Å². The van der Waals surface area contributed by atoms with Gasteiger partial charge in [-0.3, -0.25) is 0 Å². The molecule has 3 aromatic rings. The van der Waals surface area contributed by atoms with Crippen molar-refractivity contribution in [3.05, 3.63) is 81.4 Å². The Morgan fingerprint density at radius 2 is 1.30 bits per heavy atom. The maximum absolute atomic E-state index is 7.68. The Labute approximate surface area is 271 Å². The van der Waals surface area contributed by atoms with Crippen molar-refractivity contribution in [2.45, 2.75) is 66.4 Å². The van der Waals surface area contributed by atoms with Crippen LogP contribution in [0.3, 0.4) is 0 Å². The number of anilines is 2. The quantitative estimate of drug-likeness (QED) is 0.0946. The van der Waals surface area contributed by atoms with Gasteiger partial charge in [0.25, 0.3) is 0 Å². The molecule has 1 aliphatic rings. The molecule has 10 heteroatoms. The molecular weight excluding hydrogens is 690 g/mol. The second-order valence-corrected chi connectivity index (χ2v) is 21.5. The summed E-state index contributed by atoms with van der Waals surface area (Å²) < 4.78 is 14.6. The first-order chi connectivity index (χ1) is 20.2. The van der Waals surface area contributed by atoms with E-state index in [1.807, 2.05) is 36.7 Å². The van der Waals surface area contributed by atoms with Crippen molar-refractivity contribution in [1.82, 2.24) is 5.06 Å². The summed E-state index contributed by atoms with van der Waals surface area (Å²) in [5, 5.41) is 1.48. The summed E-state index contributed by atoms with van der Waals surface area (Å²) in [4.78, 5) is 10.7. The molecule has 0 spiro atoms. The van der Waals surface area contributed by atoms with Crippen molar-refractivity contribution in [2.75, 3.05) is 37.0 Å². The van der Waals surface area contributed by atoms with Gasteiger partial charge >= 0.3 is 273 Å². The molecule has 0 saturated carbocycles. The van der Waals surface area contributed by atoms with Gasteiger partial charge < -0.3 is 0 Å². The van der Waals surface area contributed by atoms with Crippen LogP contribution in [-0.4, -0.2) is 47.3 Å². The van der Waals surface area contributed by atoms with E-state index in [-0.39, 0.29) is 6.10 Å². The van der Waals surface area contributed by atoms with Crippen LogP contribution in [-0.2, 0) is 21.2 Å². The summed E-state index contributed by atoms with van der Waals surface area (Å²) in [6.45, 7) is 18.5. The zero-order valence-electron chi connectivity index (χ0n) is 26.7. The zero-order chi connectivity index (χ0) is 31.6. The van der Waals surface area contributed by atoms with Gasteiger partial charge in [0.1, 0.15) is 0 Å². The summed E-state index contributed by atoms with van der Waals surface area (Å²) in [5.41, 5.74) is 10.5. The van der Waals surface area contributed by atoms with E-state index >= 15 is 0 Å². The van der Waals surface area contributed by atoms with Crippen molar-refractivity contribution in [2.24, 2.45) is 0 Å². The normalized spacial score (nSPS) is 14.3. The average molecular weight is 734 g/mol. The van der Waals surface area contributed by atoms with Crippen LogP contribution in [0.15, 0.2) is 47.4 Å². The van der Waals surface area contributed by atoms with Crippen LogP contribution in [0.4, 0.5) is 11.4 Å². The SMILES string of the molecule is Cc1cc(C)c(N2CCN(c3c(C)cc(C)cc3C)[C]2=[Ru]([Cl])([Cl])=[CH]c2cc(SOON(C)C)ccc2OC(C)C)c(C)c1. The van der Waals surface area contributed by atoms with Crippen LogP contribution in [0.1, 0.15) is 52.8 Å². The molecule has 0 amide bonds. The Balaban J connectivity index is 2.00. The van der Waals surface area contributed by atoms with Crippen molar-refractivity contribution in [3.8, 4) is 5.75 Å². The monoisotopic (exact) mass is 733 g/mol. The van der Waals surface area contributed by atoms with Crippen molar-refractivity contribution in [1.29, 1.82) is 0 Å². The van der Waals surface area contributed by atoms with E-state index in [0.717, 1.165) is 45.7 Å². The van der Waals surface area contributed by atoms with E-state index in [4.69, 9.17) is 33.4 Å². The number of nitrogens with zero attached hydrogens (tertiary/aromatic N) is 3. The predicted octanol–water partition coefficient (Wildman–Crippen LogP) is 8.48. The molecule has 1 fully saturated rings. The van der Waals surface area contributed by atoms with Gasteiger partial charge in [-0.2, -0.15) is 0 Å². The van der Waals surface area contributed by atoms with Gasteiger partial charge in [-0.1, -0.05) is 0 Å². The molecule has 3 aromatic carbocycles. The van der Waals surface area contributed by atoms with E-state index in [1.165, 1.54) is 49.8 Å². The predicted molar refractivity (Wildman–Crippen MR) is 182 cm³/mol. The van der Waals surface area contributed by atoms with E-state index in [1.54, 1.807) is 14.1 Å². The van der Waals surface area contributed by atoms with Crippen molar-refractivity contribution >= 4 is 51.8 Å². The molecule has 0 N–H and O–H groups in total. The number of halogens is 2. The fourth-order valence-electron chi connectivity index (χ4n) is 5.70. The standard InChI is InChI=1S/C21H26N2.C12H17NO3S.2ClH.Ru/c1-14-9-16(3)20(17(4)10-14)22-7-8-23(13-22)21-18(5)11-15(2)12-19(21)6;1-9(2)14-12-7-6-11(8-10(12)3)17-16-15-13(4)5;;;/h9-12H,7-8H2,1-6H3;3,6-9H,1-2,4-5H3;2*1H;/q;;;;+2/p-2. The molecule has 0 aromatic heterocycles. The summed E-state index contributed by atoms with van der Waals surface area (Å²) >= 11 is -2.67. The molecule has 0 bridgehead atoms. The molecule has 0 atom stereocenters. The van der Waals surface area contributed by atoms with Crippen LogP contribution >= 0.6 is 31.4 Å². The van der Waals surface area contributed by atoms with Gasteiger partial charge in [-0.05, 0) is 0 Å².